The highest BCUT2D eigenvalue weighted by Gasteiger charge is 2.41. The summed E-state index contributed by atoms with van der Waals surface area (Å²) in [5, 5.41) is 19.9. The number of urea groups is 1. The standard InChI is InChI=1S/C21H24Cl2N4O3/c1-11(28)10-24-20(29)27-18-12-9-21(2,3)30-16(12)8-7-15(18)25-19(27)26-17-13(22)5-4-6-14(17)23/h4-8,11,19,25-26,28H,9-10H2,1-3H3,(H,24,29). The fourth-order valence-electron chi connectivity index (χ4n) is 3.79. The lowest BCUT2D eigenvalue weighted by atomic mass is 9.99. The van der Waals surface area contributed by atoms with Crippen molar-refractivity contribution in [2.24, 2.45) is 0 Å². The van der Waals surface area contributed by atoms with Gasteiger partial charge in [-0.3, -0.25) is 4.90 Å². The van der Waals surface area contributed by atoms with E-state index in [1.807, 2.05) is 26.0 Å². The summed E-state index contributed by atoms with van der Waals surface area (Å²) in [5.41, 5.74) is 2.64. The zero-order chi connectivity index (χ0) is 21.6. The fraction of sp³-hybridized carbons (Fsp3) is 0.381. The molecule has 4 N–H and O–H groups in total. The van der Waals surface area contributed by atoms with E-state index in [-0.39, 0.29) is 18.2 Å². The Hall–Kier alpha value is -2.35. The van der Waals surface area contributed by atoms with Crippen molar-refractivity contribution in [2.45, 2.75) is 45.2 Å². The lowest BCUT2D eigenvalue weighted by Crippen LogP contribution is -2.51. The minimum Gasteiger partial charge on any atom is -0.487 e. The number of nitrogens with one attached hydrogen (secondary N) is 3. The molecule has 0 bridgehead atoms. The van der Waals surface area contributed by atoms with Crippen molar-refractivity contribution < 1.29 is 14.6 Å². The van der Waals surface area contributed by atoms with E-state index in [0.29, 0.717) is 22.2 Å². The summed E-state index contributed by atoms with van der Waals surface area (Å²) in [6.45, 7) is 5.77. The average Bonchev–Trinajstić information content (AvgIpc) is 3.18. The Balaban J connectivity index is 1.73. The van der Waals surface area contributed by atoms with Crippen LogP contribution in [-0.2, 0) is 6.42 Å². The van der Waals surface area contributed by atoms with Gasteiger partial charge in [-0.2, -0.15) is 0 Å². The van der Waals surface area contributed by atoms with Crippen molar-refractivity contribution in [1.82, 2.24) is 5.32 Å². The second kappa shape index (κ2) is 7.72. The third kappa shape index (κ3) is 3.85. The van der Waals surface area contributed by atoms with Gasteiger partial charge in [0.1, 0.15) is 11.4 Å². The van der Waals surface area contributed by atoms with E-state index < -0.39 is 12.4 Å². The highest BCUT2D eigenvalue weighted by atomic mass is 35.5. The smallest absolute Gasteiger partial charge is 0.325 e. The Bertz CT molecular complexity index is 976. The normalized spacial score (nSPS) is 19.4. The second-order valence-electron chi connectivity index (χ2n) is 8.17. The van der Waals surface area contributed by atoms with Gasteiger partial charge in [0, 0.05) is 18.5 Å². The minimum absolute atomic E-state index is 0.126. The van der Waals surface area contributed by atoms with Crippen LogP contribution in [0.3, 0.4) is 0 Å². The van der Waals surface area contributed by atoms with Gasteiger partial charge in [0.25, 0.3) is 0 Å². The number of anilines is 3. The van der Waals surface area contributed by atoms with Gasteiger partial charge in [0.05, 0.1) is 33.2 Å². The van der Waals surface area contributed by atoms with Crippen molar-refractivity contribution in [3.63, 3.8) is 0 Å². The molecule has 2 aromatic rings. The van der Waals surface area contributed by atoms with Gasteiger partial charge in [0.2, 0.25) is 0 Å². The van der Waals surface area contributed by atoms with Crippen LogP contribution in [0, 0.1) is 0 Å². The molecule has 4 rings (SSSR count). The lowest BCUT2D eigenvalue weighted by molar-refractivity contribution is 0.138. The third-order valence-corrected chi connectivity index (χ3v) is 5.66. The molecule has 0 aliphatic carbocycles. The van der Waals surface area contributed by atoms with Gasteiger partial charge in [-0.1, -0.05) is 29.3 Å². The molecule has 2 aliphatic heterocycles. The van der Waals surface area contributed by atoms with Gasteiger partial charge in [-0.15, -0.1) is 0 Å². The average molecular weight is 451 g/mol. The predicted octanol–water partition coefficient (Wildman–Crippen LogP) is 4.42. The number of carbonyl (C=O) groups is 1. The first kappa shape index (κ1) is 20.9. The van der Waals surface area contributed by atoms with Gasteiger partial charge >= 0.3 is 6.03 Å². The van der Waals surface area contributed by atoms with Crippen molar-refractivity contribution in [3.8, 4) is 5.75 Å². The monoisotopic (exact) mass is 450 g/mol. The fourth-order valence-corrected chi connectivity index (χ4v) is 4.29. The number of para-hydroxylation sites is 1. The maximum atomic E-state index is 13.2. The molecule has 2 heterocycles. The van der Waals surface area contributed by atoms with Crippen molar-refractivity contribution in [2.75, 3.05) is 22.1 Å². The number of hydrogen-bond donors (Lipinski definition) is 4. The largest absolute Gasteiger partial charge is 0.487 e. The Morgan fingerprint density at radius 2 is 2.03 bits per heavy atom. The number of amides is 2. The van der Waals surface area contributed by atoms with Crippen LogP contribution in [0.25, 0.3) is 0 Å². The second-order valence-corrected chi connectivity index (χ2v) is 8.98. The van der Waals surface area contributed by atoms with Gasteiger partial charge in [0.15, 0.2) is 6.29 Å². The van der Waals surface area contributed by atoms with Crippen molar-refractivity contribution >= 4 is 46.3 Å². The van der Waals surface area contributed by atoms with E-state index in [0.717, 1.165) is 22.7 Å². The highest BCUT2D eigenvalue weighted by Crippen LogP contribution is 2.48. The molecule has 0 spiro atoms. The molecular formula is C21H24Cl2N4O3. The summed E-state index contributed by atoms with van der Waals surface area (Å²) in [6.07, 6.45) is -0.647. The highest BCUT2D eigenvalue weighted by molar-refractivity contribution is 6.39. The molecule has 0 saturated carbocycles. The summed E-state index contributed by atoms with van der Waals surface area (Å²) >= 11 is 12.7. The summed E-state index contributed by atoms with van der Waals surface area (Å²) in [4.78, 5) is 14.7. The van der Waals surface area contributed by atoms with Gasteiger partial charge < -0.3 is 25.8 Å². The van der Waals surface area contributed by atoms with E-state index in [9.17, 15) is 9.90 Å². The number of aliphatic hydroxyl groups is 1. The number of rotatable bonds is 4. The summed E-state index contributed by atoms with van der Waals surface area (Å²) in [7, 11) is 0. The number of halogens is 2. The molecular weight excluding hydrogens is 427 g/mol. The van der Waals surface area contributed by atoms with Crippen LogP contribution in [0.1, 0.15) is 26.3 Å². The molecule has 30 heavy (non-hydrogen) atoms. The molecule has 0 fully saturated rings. The first-order chi connectivity index (χ1) is 14.2. The maximum absolute atomic E-state index is 13.2. The SMILES string of the molecule is CC(O)CNC(=O)N1c2c(ccc3c2CC(C)(C)O3)NC1Nc1c(Cl)cccc1Cl. The van der Waals surface area contributed by atoms with Crippen LogP contribution in [0.5, 0.6) is 5.75 Å². The zero-order valence-corrected chi connectivity index (χ0v) is 18.4. The maximum Gasteiger partial charge on any atom is 0.325 e. The molecule has 0 saturated heterocycles. The molecule has 2 aliphatic rings. The van der Waals surface area contributed by atoms with Crippen molar-refractivity contribution in [1.29, 1.82) is 0 Å². The molecule has 0 radical (unpaired) electrons. The molecule has 0 aromatic heterocycles. The molecule has 2 amide bonds. The lowest BCUT2D eigenvalue weighted by Gasteiger charge is -2.28. The topological polar surface area (TPSA) is 85.9 Å². The first-order valence-corrected chi connectivity index (χ1v) is 10.5. The molecule has 2 aromatic carbocycles. The van der Waals surface area contributed by atoms with E-state index in [1.165, 1.54) is 0 Å². The number of fused-ring (bicyclic) bond motifs is 3. The molecule has 2 unspecified atom stereocenters. The number of benzene rings is 2. The van der Waals surface area contributed by atoms with Crippen LogP contribution >= 0.6 is 23.2 Å². The number of carbonyl (C=O) groups excluding carboxylic acids is 1. The molecule has 9 heteroatoms. The van der Waals surface area contributed by atoms with Crippen molar-refractivity contribution in [3.05, 3.63) is 45.9 Å². The molecule has 7 nitrogen and oxygen atoms in total. The predicted molar refractivity (Wildman–Crippen MR) is 120 cm³/mol. The number of ether oxygens (including phenoxy) is 1. The quantitative estimate of drug-likeness (QED) is 0.553. The van der Waals surface area contributed by atoms with Crippen LogP contribution < -0.4 is 25.6 Å². The number of nitrogens with zero attached hydrogens (tertiary/aromatic N) is 1. The molecule has 2 atom stereocenters. The van der Waals surface area contributed by atoms with Crippen LogP contribution in [0.4, 0.5) is 21.9 Å². The Labute approximate surface area is 185 Å². The van der Waals surface area contributed by atoms with Gasteiger partial charge in [-0.25, -0.2) is 4.79 Å². The summed E-state index contributed by atoms with van der Waals surface area (Å²) in [6, 6.07) is 8.65. The van der Waals surface area contributed by atoms with Crippen LogP contribution in [0.2, 0.25) is 10.0 Å². The van der Waals surface area contributed by atoms with E-state index >= 15 is 0 Å². The number of aliphatic hydroxyl groups excluding tert-OH is 1. The van der Waals surface area contributed by atoms with Gasteiger partial charge in [-0.05, 0) is 45.0 Å². The summed E-state index contributed by atoms with van der Waals surface area (Å²) < 4.78 is 6.05. The minimum atomic E-state index is -0.669. The van der Waals surface area contributed by atoms with Crippen LogP contribution in [0.15, 0.2) is 30.3 Å². The number of hydrogen-bond acceptors (Lipinski definition) is 5. The van der Waals surface area contributed by atoms with E-state index in [2.05, 4.69) is 16.0 Å². The third-order valence-electron chi connectivity index (χ3n) is 5.03. The van der Waals surface area contributed by atoms with Crippen LogP contribution in [-0.4, -0.2) is 35.7 Å². The summed E-state index contributed by atoms with van der Waals surface area (Å²) in [5.74, 6) is 0.755. The zero-order valence-electron chi connectivity index (χ0n) is 16.9. The Kier molecular flexibility index (Phi) is 5.38. The first-order valence-electron chi connectivity index (χ1n) is 9.73. The Morgan fingerprint density at radius 1 is 1.33 bits per heavy atom. The molecule has 160 valence electrons. The van der Waals surface area contributed by atoms with E-state index in [4.69, 9.17) is 27.9 Å². The van der Waals surface area contributed by atoms with E-state index in [1.54, 1.807) is 30.0 Å². The Morgan fingerprint density at radius 3 is 2.70 bits per heavy atom.